The van der Waals surface area contributed by atoms with Gasteiger partial charge in [0.25, 0.3) is 0 Å². The van der Waals surface area contributed by atoms with Gasteiger partial charge in [-0.25, -0.2) is 0 Å². The molecule has 0 spiro atoms. The van der Waals surface area contributed by atoms with E-state index in [0.717, 1.165) is 14.7 Å². The van der Waals surface area contributed by atoms with Crippen molar-refractivity contribution >= 4 is 65.0 Å². The summed E-state index contributed by atoms with van der Waals surface area (Å²) < 4.78 is 5.97. The molecule has 534 valence electrons. The molecule has 0 aromatic rings. The predicted molar refractivity (Wildman–Crippen MR) is 356 cm³/mol. The Bertz CT molecular complexity index is 2520. The van der Waals surface area contributed by atoms with Crippen LogP contribution in [0.25, 0.3) is 0 Å². The van der Waals surface area contributed by atoms with Gasteiger partial charge in [0.05, 0.1) is 18.3 Å². The molecule has 1 rings (SSSR count). The number of aliphatic hydroxyl groups excluding tert-OH is 2. The van der Waals surface area contributed by atoms with E-state index in [0.29, 0.717) is 12.8 Å². The van der Waals surface area contributed by atoms with Crippen LogP contribution in [0.1, 0.15) is 169 Å². The molecule has 93 heavy (non-hydrogen) atoms. The van der Waals surface area contributed by atoms with Crippen LogP contribution >= 0.6 is 0 Å². The number of carbonyl (C=O) groups is 11. The summed E-state index contributed by atoms with van der Waals surface area (Å²) in [7, 11) is 9.61. The van der Waals surface area contributed by atoms with Crippen LogP contribution in [-0.4, -0.2) is 262 Å². The maximum absolute atomic E-state index is 15.3. The van der Waals surface area contributed by atoms with Crippen molar-refractivity contribution in [2.75, 3.05) is 69.2 Å². The van der Waals surface area contributed by atoms with Gasteiger partial charge in [0.15, 0.2) is 0 Å². The van der Waals surface area contributed by atoms with Gasteiger partial charge in [-0.2, -0.15) is 0 Å². The van der Waals surface area contributed by atoms with Gasteiger partial charge in [-0.3, -0.25) is 52.7 Å². The largest absolute Gasteiger partial charge is 0.396 e. The van der Waals surface area contributed by atoms with Crippen molar-refractivity contribution in [1.82, 2.24) is 55.6 Å². The Morgan fingerprint density at radius 2 is 0.946 bits per heavy atom. The quantitative estimate of drug-likeness (QED) is 0.0642. The van der Waals surface area contributed by atoms with E-state index in [1.54, 1.807) is 60.6 Å². The standard InChI is InChI=1S/C67H121N11O15/c1-25-27-30-43(13)55(80)54-59(84)70-46(26-2)61(86)76(22)51(37-93-32-29-28-31-79)64(89)75(21)50(36-67(16,17)92)58(83)71-52(41(9)10)65(90)72(18)47(33-38(3)4)57(82)68-44(14)56(81)69-45(15)60(85)73(19)48(34-39(5)6)62(87)74(20)49(35-40(7)8)63(88)77(23)53(42(11)12)66(91)78(54)24/h25,27,38-55,79-80,92H,26,28-37H2,1-24H3,(H,68,82)(H,69,81)(H,70,84)(H,71,83)/t43-,44+,45-,46+,47+,48+,49+,50+,51-,52+,53+,54+,55-/m1/s1. The van der Waals surface area contributed by atoms with E-state index in [1.807, 2.05) is 41.5 Å². The minimum Gasteiger partial charge on any atom is -0.396 e. The first-order valence-corrected chi connectivity index (χ1v) is 33.3. The van der Waals surface area contributed by atoms with Gasteiger partial charge in [-0.15, -0.1) is 0 Å². The minimum absolute atomic E-state index is 0.0402. The Balaban J connectivity index is 4.56. The highest BCUT2D eigenvalue weighted by Crippen LogP contribution is 2.26. The lowest BCUT2D eigenvalue weighted by Gasteiger charge is -2.41. The maximum atomic E-state index is 15.3. The van der Waals surface area contributed by atoms with Crippen molar-refractivity contribution in [3.05, 3.63) is 12.2 Å². The third-order valence-electron chi connectivity index (χ3n) is 17.4. The van der Waals surface area contributed by atoms with Crippen molar-refractivity contribution in [2.45, 2.75) is 247 Å². The first kappa shape index (κ1) is 84.8. The highest BCUT2D eigenvalue weighted by atomic mass is 16.5. The molecule has 0 unspecified atom stereocenters. The second kappa shape index (κ2) is 38.9. The number of hydrogen-bond donors (Lipinski definition) is 7. The average molecular weight is 1320 g/mol. The number of unbranched alkanes of at least 4 members (excludes halogenated alkanes) is 1. The zero-order chi connectivity index (χ0) is 72.0. The molecule has 1 fully saturated rings. The lowest BCUT2D eigenvalue weighted by molar-refractivity contribution is -0.157. The fraction of sp³-hybridized carbons (Fsp3) is 0.806. The van der Waals surface area contributed by atoms with Gasteiger partial charge >= 0.3 is 0 Å². The number of amides is 11. The van der Waals surface area contributed by atoms with Gasteiger partial charge in [0.2, 0.25) is 65.0 Å². The SMILES string of the molecule is CC=CC[C@@H](C)[C@@H](O)[C@H]1C(=O)N[C@@H](CC)C(=O)N(C)[C@H](COCCCCO)C(=O)N(C)[C@@H](CC(C)(C)O)C(=O)N[C@@H](C(C)C)C(=O)N(C)[C@@H](CC(C)C)C(=O)N[C@@H](C)C(=O)N[C@H](C)C(=O)N(C)[C@@H](CC(C)C)C(=O)N(C)[C@@H](CC(C)C)C(=O)N(C)[C@@H](C(C)C)C(=O)N1C. The normalized spacial score (nSPS) is 26.6. The fourth-order valence-corrected chi connectivity index (χ4v) is 11.5. The molecule has 0 aromatic heterocycles. The monoisotopic (exact) mass is 1320 g/mol. The van der Waals surface area contributed by atoms with E-state index in [4.69, 9.17) is 4.74 Å². The molecule has 0 aliphatic carbocycles. The summed E-state index contributed by atoms with van der Waals surface area (Å²) in [6, 6.07) is -14.9. The zero-order valence-electron chi connectivity index (χ0n) is 60.7. The first-order valence-electron chi connectivity index (χ1n) is 33.3. The molecule has 1 aliphatic heterocycles. The topological polar surface area (TPSA) is 328 Å². The number of nitrogens with zero attached hydrogens (tertiary/aromatic N) is 7. The van der Waals surface area contributed by atoms with Crippen LogP contribution in [0.15, 0.2) is 12.2 Å². The van der Waals surface area contributed by atoms with Crippen molar-refractivity contribution in [3.63, 3.8) is 0 Å². The van der Waals surface area contributed by atoms with Gasteiger partial charge in [-0.05, 0) is 115 Å². The molecule has 0 bridgehead atoms. The van der Waals surface area contributed by atoms with Crippen LogP contribution in [0.3, 0.4) is 0 Å². The maximum Gasteiger partial charge on any atom is 0.248 e. The highest BCUT2D eigenvalue weighted by Gasteiger charge is 2.47. The second-order valence-corrected chi connectivity index (χ2v) is 28.2. The summed E-state index contributed by atoms with van der Waals surface area (Å²) in [5, 5.41) is 44.0. The van der Waals surface area contributed by atoms with E-state index >= 15 is 28.8 Å². The molecule has 0 aromatic carbocycles. The lowest BCUT2D eigenvalue weighted by Crippen LogP contribution is -2.64. The smallest absolute Gasteiger partial charge is 0.248 e. The molecule has 11 amide bonds. The minimum atomic E-state index is -1.69. The second-order valence-electron chi connectivity index (χ2n) is 28.2. The third kappa shape index (κ3) is 24.8. The van der Waals surface area contributed by atoms with Gasteiger partial charge in [0, 0.05) is 69.0 Å². The van der Waals surface area contributed by atoms with E-state index in [1.165, 1.54) is 96.6 Å². The Morgan fingerprint density at radius 1 is 0.505 bits per heavy atom. The van der Waals surface area contributed by atoms with Crippen LogP contribution in [0.5, 0.6) is 0 Å². The van der Waals surface area contributed by atoms with E-state index in [2.05, 4.69) is 21.3 Å². The Kier molecular flexibility index (Phi) is 35.5. The van der Waals surface area contributed by atoms with Crippen LogP contribution in [0, 0.1) is 35.5 Å². The van der Waals surface area contributed by atoms with Crippen LogP contribution in [0.2, 0.25) is 0 Å². The van der Waals surface area contributed by atoms with E-state index in [9.17, 15) is 39.3 Å². The molecular weight excluding hydrogens is 1200 g/mol. The highest BCUT2D eigenvalue weighted by molar-refractivity contribution is 6.00. The Labute approximate surface area is 555 Å². The summed E-state index contributed by atoms with van der Waals surface area (Å²) in [6.07, 6.45) is 2.85. The fourth-order valence-electron chi connectivity index (χ4n) is 11.5. The molecule has 13 atom stereocenters. The molecule has 7 N–H and O–H groups in total. The number of rotatable bonds is 21. The molecule has 1 aliphatic rings. The molecular formula is C67H121N11O15. The summed E-state index contributed by atoms with van der Waals surface area (Å²) in [5.41, 5.74) is -1.62. The summed E-state index contributed by atoms with van der Waals surface area (Å²) in [6.45, 7) is 28.0. The molecule has 0 radical (unpaired) electrons. The van der Waals surface area contributed by atoms with E-state index < -0.39 is 168 Å². The average Bonchev–Trinajstić information content (AvgIpc) is 0.853. The Hall–Kier alpha value is -6.25. The number of allylic oxidation sites excluding steroid dienone is 2. The third-order valence-corrected chi connectivity index (χ3v) is 17.4. The summed E-state index contributed by atoms with van der Waals surface area (Å²) >= 11 is 0. The van der Waals surface area contributed by atoms with Crippen LogP contribution in [-0.2, 0) is 57.5 Å². The number of likely N-dealkylation sites (N-methyl/N-ethyl adjacent to an activating group) is 7. The molecule has 26 heteroatoms. The molecule has 26 nitrogen and oxygen atoms in total. The Morgan fingerprint density at radius 3 is 1.42 bits per heavy atom. The van der Waals surface area contributed by atoms with Crippen LogP contribution < -0.4 is 21.3 Å². The van der Waals surface area contributed by atoms with Crippen molar-refractivity contribution < 1.29 is 72.8 Å². The van der Waals surface area contributed by atoms with Gasteiger partial charge < -0.3 is 75.6 Å². The molecule has 1 saturated heterocycles. The van der Waals surface area contributed by atoms with Crippen molar-refractivity contribution in [1.29, 1.82) is 0 Å². The number of carbonyl (C=O) groups excluding carboxylic acids is 11. The number of ether oxygens (including phenoxy) is 1. The van der Waals surface area contributed by atoms with Gasteiger partial charge in [0.1, 0.15) is 66.5 Å². The van der Waals surface area contributed by atoms with Crippen molar-refractivity contribution in [3.8, 4) is 0 Å². The molecule has 0 saturated carbocycles. The predicted octanol–water partition coefficient (Wildman–Crippen LogP) is 2.54. The van der Waals surface area contributed by atoms with Gasteiger partial charge in [-0.1, -0.05) is 95.2 Å². The number of aliphatic hydroxyl groups is 3. The van der Waals surface area contributed by atoms with E-state index in [-0.39, 0.29) is 69.5 Å². The summed E-state index contributed by atoms with van der Waals surface area (Å²) in [4.78, 5) is 171. The van der Waals surface area contributed by atoms with Crippen molar-refractivity contribution in [2.24, 2.45) is 35.5 Å². The first-order chi connectivity index (χ1) is 43.0. The van der Waals surface area contributed by atoms with Crippen LogP contribution in [0.4, 0.5) is 0 Å². The lowest BCUT2D eigenvalue weighted by atomic mass is 9.91. The molecule has 1 heterocycles. The summed E-state index contributed by atoms with van der Waals surface area (Å²) in [5.74, 6) is -10.8. The zero-order valence-corrected chi connectivity index (χ0v) is 60.7. The number of hydrogen-bond acceptors (Lipinski definition) is 15. The number of nitrogens with one attached hydrogen (secondary N) is 4.